The van der Waals surface area contributed by atoms with Crippen LogP contribution in [-0.4, -0.2) is 43.0 Å². The summed E-state index contributed by atoms with van der Waals surface area (Å²) in [7, 11) is 1.18. The number of esters is 1. The standard InChI is InChI=1S/C12H15NO4S/c1-17-12(16)10(14)7-13-11(15)8-3-5-9(18-2)6-4-8/h3-6,10,14H,7H2,1-2H3,(H,13,15). The van der Waals surface area contributed by atoms with Gasteiger partial charge in [0.15, 0.2) is 6.10 Å². The van der Waals surface area contributed by atoms with E-state index in [0.717, 1.165) is 4.90 Å². The molecule has 0 saturated carbocycles. The number of methoxy groups -OCH3 is 1. The summed E-state index contributed by atoms with van der Waals surface area (Å²) in [5.74, 6) is -1.11. The largest absolute Gasteiger partial charge is 0.467 e. The molecule has 1 amide bonds. The quantitative estimate of drug-likeness (QED) is 0.607. The number of thioether (sulfide) groups is 1. The van der Waals surface area contributed by atoms with E-state index in [-0.39, 0.29) is 12.5 Å². The topological polar surface area (TPSA) is 75.6 Å². The molecule has 0 fully saturated rings. The third-order valence-corrected chi connectivity index (χ3v) is 3.03. The van der Waals surface area contributed by atoms with Crippen LogP contribution in [0, 0.1) is 0 Å². The van der Waals surface area contributed by atoms with Crippen molar-refractivity contribution in [3.63, 3.8) is 0 Å². The van der Waals surface area contributed by atoms with E-state index >= 15 is 0 Å². The van der Waals surface area contributed by atoms with E-state index in [2.05, 4.69) is 10.1 Å². The minimum Gasteiger partial charge on any atom is -0.467 e. The molecule has 0 aliphatic rings. The first kappa shape index (κ1) is 14.5. The van der Waals surface area contributed by atoms with Crippen molar-refractivity contribution < 1.29 is 19.4 Å². The van der Waals surface area contributed by atoms with Gasteiger partial charge < -0.3 is 15.2 Å². The van der Waals surface area contributed by atoms with E-state index in [1.807, 2.05) is 18.4 Å². The van der Waals surface area contributed by atoms with Crippen molar-refractivity contribution in [3.05, 3.63) is 29.8 Å². The van der Waals surface area contributed by atoms with Crippen LogP contribution >= 0.6 is 11.8 Å². The average Bonchev–Trinajstić information content (AvgIpc) is 2.43. The van der Waals surface area contributed by atoms with Gasteiger partial charge in [0.2, 0.25) is 0 Å². The molecule has 1 aromatic rings. The van der Waals surface area contributed by atoms with Crippen LogP contribution in [0.1, 0.15) is 10.4 Å². The number of hydrogen-bond donors (Lipinski definition) is 2. The smallest absolute Gasteiger partial charge is 0.336 e. The van der Waals surface area contributed by atoms with Crippen molar-refractivity contribution >= 4 is 23.6 Å². The highest BCUT2D eigenvalue weighted by atomic mass is 32.2. The molecule has 0 heterocycles. The van der Waals surface area contributed by atoms with E-state index in [1.54, 1.807) is 23.9 Å². The van der Waals surface area contributed by atoms with Crippen molar-refractivity contribution in [2.24, 2.45) is 0 Å². The van der Waals surface area contributed by atoms with Crippen LogP contribution in [0.3, 0.4) is 0 Å². The molecule has 1 aromatic carbocycles. The Bertz CT molecular complexity index is 419. The molecule has 18 heavy (non-hydrogen) atoms. The lowest BCUT2D eigenvalue weighted by atomic mass is 10.2. The van der Waals surface area contributed by atoms with Crippen LogP contribution in [0.25, 0.3) is 0 Å². The zero-order valence-corrected chi connectivity index (χ0v) is 11.0. The fourth-order valence-electron chi connectivity index (χ4n) is 1.25. The predicted molar refractivity (Wildman–Crippen MR) is 68.6 cm³/mol. The summed E-state index contributed by atoms with van der Waals surface area (Å²) in [6, 6.07) is 7.03. The molecule has 1 rings (SSSR count). The first-order valence-electron chi connectivity index (χ1n) is 5.26. The number of rotatable bonds is 5. The van der Waals surface area contributed by atoms with Gasteiger partial charge in [0.25, 0.3) is 5.91 Å². The number of hydrogen-bond acceptors (Lipinski definition) is 5. The molecular formula is C12H15NO4S. The number of benzene rings is 1. The Morgan fingerprint density at radius 2 is 2.00 bits per heavy atom. The average molecular weight is 269 g/mol. The molecule has 1 unspecified atom stereocenters. The molecule has 1 atom stereocenters. The van der Waals surface area contributed by atoms with Crippen LogP contribution in [0.15, 0.2) is 29.2 Å². The fraction of sp³-hybridized carbons (Fsp3) is 0.333. The van der Waals surface area contributed by atoms with Gasteiger partial charge in [-0.25, -0.2) is 4.79 Å². The molecule has 98 valence electrons. The lowest BCUT2D eigenvalue weighted by Gasteiger charge is -2.09. The minimum absolute atomic E-state index is 0.171. The van der Waals surface area contributed by atoms with Gasteiger partial charge in [-0.05, 0) is 30.5 Å². The summed E-state index contributed by atoms with van der Waals surface area (Å²) in [5, 5.41) is 11.8. The third kappa shape index (κ3) is 4.05. The summed E-state index contributed by atoms with van der Waals surface area (Å²) in [4.78, 5) is 23.7. The highest BCUT2D eigenvalue weighted by molar-refractivity contribution is 7.98. The van der Waals surface area contributed by atoms with E-state index in [0.29, 0.717) is 5.56 Å². The first-order chi connectivity index (χ1) is 8.58. The maximum Gasteiger partial charge on any atom is 0.336 e. The second kappa shape index (κ2) is 7.03. The van der Waals surface area contributed by atoms with E-state index in [1.165, 1.54) is 7.11 Å². The molecule has 0 saturated heterocycles. The van der Waals surface area contributed by atoms with E-state index < -0.39 is 12.1 Å². The van der Waals surface area contributed by atoms with Crippen molar-refractivity contribution in [1.29, 1.82) is 0 Å². The van der Waals surface area contributed by atoms with Crippen LogP contribution in [0.5, 0.6) is 0 Å². The zero-order chi connectivity index (χ0) is 13.5. The van der Waals surface area contributed by atoms with Gasteiger partial charge in [0, 0.05) is 10.5 Å². The Kier molecular flexibility index (Phi) is 5.67. The van der Waals surface area contributed by atoms with Crippen LogP contribution < -0.4 is 5.32 Å². The second-order valence-corrected chi connectivity index (χ2v) is 4.36. The van der Waals surface area contributed by atoms with Gasteiger partial charge in [-0.3, -0.25) is 4.79 Å². The highest BCUT2D eigenvalue weighted by Gasteiger charge is 2.16. The summed E-state index contributed by atoms with van der Waals surface area (Å²) in [6.07, 6.45) is 0.603. The minimum atomic E-state index is -1.34. The Balaban J connectivity index is 2.52. The molecule has 5 nitrogen and oxygen atoms in total. The van der Waals surface area contributed by atoms with E-state index in [9.17, 15) is 14.7 Å². The lowest BCUT2D eigenvalue weighted by molar-refractivity contribution is -0.149. The number of carbonyl (C=O) groups excluding carboxylic acids is 2. The normalized spacial score (nSPS) is 11.7. The van der Waals surface area contributed by atoms with Crippen molar-refractivity contribution in [2.45, 2.75) is 11.0 Å². The molecule has 0 aliphatic heterocycles. The van der Waals surface area contributed by atoms with Crippen LogP contribution in [0.2, 0.25) is 0 Å². The highest BCUT2D eigenvalue weighted by Crippen LogP contribution is 2.14. The summed E-state index contributed by atoms with van der Waals surface area (Å²) < 4.78 is 4.34. The number of ether oxygens (including phenoxy) is 1. The molecular weight excluding hydrogens is 254 g/mol. The van der Waals surface area contributed by atoms with Crippen LogP contribution in [0.4, 0.5) is 0 Å². The summed E-state index contributed by atoms with van der Waals surface area (Å²) in [5.41, 5.74) is 0.477. The Morgan fingerprint density at radius 3 is 2.50 bits per heavy atom. The maximum atomic E-state index is 11.7. The van der Waals surface area contributed by atoms with Crippen molar-refractivity contribution in [2.75, 3.05) is 19.9 Å². The maximum absolute atomic E-state index is 11.7. The van der Waals surface area contributed by atoms with Gasteiger partial charge >= 0.3 is 5.97 Å². The molecule has 0 aromatic heterocycles. The fourth-order valence-corrected chi connectivity index (χ4v) is 1.66. The molecule has 0 radical (unpaired) electrons. The molecule has 6 heteroatoms. The van der Waals surface area contributed by atoms with Gasteiger partial charge in [0.1, 0.15) is 0 Å². The van der Waals surface area contributed by atoms with Crippen LogP contribution in [-0.2, 0) is 9.53 Å². The Hall–Kier alpha value is -1.53. The van der Waals surface area contributed by atoms with E-state index in [4.69, 9.17) is 0 Å². The number of carbonyl (C=O) groups is 2. The SMILES string of the molecule is COC(=O)C(O)CNC(=O)c1ccc(SC)cc1. The number of aliphatic hydroxyl groups is 1. The summed E-state index contributed by atoms with van der Waals surface area (Å²) in [6.45, 7) is -0.171. The lowest BCUT2D eigenvalue weighted by Crippen LogP contribution is -2.37. The zero-order valence-electron chi connectivity index (χ0n) is 10.2. The van der Waals surface area contributed by atoms with Crippen molar-refractivity contribution in [1.82, 2.24) is 5.32 Å². The predicted octanol–water partition coefficient (Wildman–Crippen LogP) is 0.672. The van der Waals surface area contributed by atoms with Gasteiger partial charge in [-0.1, -0.05) is 0 Å². The van der Waals surface area contributed by atoms with Gasteiger partial charge in [0.05, 0.1) is 13.7 Å². The third-order valence-electron chi connectivity index (χ3n) is 2.28. The monoisotopic (exact) mass is 269 g/mol. The molecule has 0 spiro atoms. The number of aliphatic hydroxyl groups excluding tert-OH is 1. The van der Waals surface area contributed by atoms with Crippen molar-refractivity contribution in [3.8, 4) is 0 Å². The second-order valence-electron chi connectivity index (χ2n) is 3.48. The Labute approximate surface area is 110 Å². The number of amides is 1. The summed E-state index contributed by atoms with van der Waals surface area (Å²) >= 11 is 1.58. The molecule has 0 aliphatic carbocycles. The molecule has 0 bridgehead atoms. The van der Waals surface area contributed by atoms with Gasteiger partial charge in [-0.15, -0.1) is 11.8 Å². The Morgan fingerprint density at radius 1 is 1.39 bits per heavy atom. The number of nitrogens with one attached hydrogen (secondary N) is 1. The van der Waals surface area contributed by atoms with Gasteiger partial charge in [-0.2, -0.15) is 0 Å². The first-order valence-corrected chi connectivity index (χ1v) is 6.49. The molecule has 2 N–H and O–H groups in total.